The van der Waals surface area contributed by atoms with Crippen LogP contribution in [0.4, 0.5) is 19.3 Å². The molecular formula is C23H22F2N4O5. The quantitative estimate of drug-likeness (QED) is 0.692. The molecule has 2 aromatic carbocycles. The van der Waals surface area contributed by atoms with E-state index in [0.717, 1.165) is 23.5 Å². The molecule has 0 aliphatic carbocycles. The van der Waals surface area contributed by atoms with Crippen molar-refractivity contribution < 1.29 is 32.6 Å². The zero-order chi connectivity index (χ0) is 23.8. The van der Waals surface area contributed by atoms with Gasteiger partial charge in [0.2, 0.25) is 18.6 Å². The van der Waals surface area contributed by atoms with Crippen molar-refractivity contribution >= 4 is 23.5 Å². The maximum Gasteiger partial charge on any atom is 0.327 e. The highest BCUT2D eigenvalue weighted by atomic mass is 19.1. The monoisotopic (exact) mass is 472 g/mol. The van der Waals surface area contributed by atoms with Gasteiger partial charge in [-0.2, -0.15) is 0 Å². The molecule has 4 amide bonds. The van der Waals surface area contributed by atoms with Crippen LogP contribution >= 0.6 is 0 Å². The van der Waals surface area contributed by atoms with E-state index in [0.29, 0.717) is 36.1 Å². The lowest BCUT2D eigenvalue weighted by Crippen LogP contribution is -2.70. The van der Waals surface area contributed by atoms with E-state index in [1.54, 1.807) is 18.2 Å². The topological polar surface area (TPSA) is 100 Å². The number of piperidine rings is 1. The Labute approximate surface area is 193 Å². The molecule has 11 heteroatoms. The second kappa shape index (κ2) is 8.90. The number of ether oxygens (including phenoxy) is 2. The smallest absolute Gasteiger partial charge is 0.327 e. The molecule has 34 heavy (non-hydrogen) atoms. The fourth-order valence-corrected chi connectivity index (χ4v) is 4.51. The molecule has 3 aliphatic heterocycles. The molecule has 2 atom stereocenters. The Morgan fingerprint density at radius 1 is 1.12 bits per heavy atom. The molecule has 0 saturated carbocycles. The number of amides is 4. The summed E-state index contributed by atoms with van der Waals surface area (Å²) >= 11 is 0. The van der Waals surface area contributed by atoms with Crippen LogP contribution in [0, 0.1) is 11.6 Å². The van der Waals surface area contributed by atoms with Gasteiger partial charge in [-0.05, 0) is 49.2 Å². The van der Waals surface area contributed by atoms with Crippen LogP contribution < -0.4 is 20.1 Å². The molecule has 2 saturated heterocycles. The van der Waals surface area contributed by atoms with Gasteiger partial charge in [0.05, 0.1) is 18.3 Å². The largest absolute Gasteiger partial charge is 0.454 e. The van der Waals surface area contributed by atoms with Gasteiger partial charge in [0.15, 0.2) is 11.5 Å². The average Bonchev–Trinajstić information content (AvgIpc) is 3.29. The first-order chi connectivity index (χ1) is 16.4. The van der Waals surface area contributed by atoms with Crippen molar-refractivity contribution in [2.24, 2.45) is 0 Å². The van der Waals surface area contributed by atoms with Crippen molar-refractivity contribution in [1.29, 1.82) is 0 Å². The zero-order valence-electron chi connectivity index (χ0n) is 18.1. The van der Waals surface area contributed by atoms with Gasteiger partial charge in [0, 0.05) is 6.07 Å². The molecule has 2 aromatic rings. The third kappa shape index (κ3) is 4.14. The Kier molecular flexibility index (Phi) is 5.78. The van der Waals surface area contributed by atoms with Crippen molar-refractivity contribution in [1.82, 2.24) is 15.1 Å². The molecule has 0 spiro atoms. The molecule has 178 valence electrons. The summed E-state index contributed by atoms with van der Waals surface area (Å²) in [5.74, 6) is -1.60. The van der Waals surface area contributed by atoms with Gasteiger partial charge in [-0.25, -0.2) is 13.6 Å². The van der Waals surface area contributed by atoms with Crippen molar-refractivity contribution in [2.75, 3.05) is 25.2 Å². The number of nitrogens with one attached hydrogen (secondary N) is 2. The summed E-state index contributed by atoms with van der Waals surface area (Å²) in [6.07, 6.45) is 1.28. The number of carbonyl (C=O) groups is 3. The van der Waals surface area contributed by atoms with E-state index in [9.17, 15) is 23.2 Å². The Bertz CT molecular complexity index is 1160. The van der Waals surface area contributed by atoms with E-state index in [4.69, 9.17) is 9.47 Å². The first-order valence-corrected chi connectivity index (χ1v) is 10.9. The fourth-order valence-electron chi connectivity index (χ4n) is 4.51. The summed E-state index contributed by atoms with van der Waals surface area (Å²) in [6.45, 7) is 0.318. The predicted molar refractivity (Wildman–Crippen MR) is 115 cm³/mol. The second-order valence-electron chi connectivity index (χ2n) is 8.34. The molecule has 0 bridgehead atoms. The Hall–Kier alpha value is -3.73. The number of benzene rings is 2. The number of fused-ring (bicyclic) bond motifs is 2. The maximum absolute atomic E-state index is 14.0. The summed E-state index contributed by atoms with van der Waals surface area (Å²) in [5.41, 5.74) is 0.473. The van der Waals surface area contributed by atoms with Crippen molar-refractivity contribution in [3.8, 4) is 11.5 Å². The number of rotatable bonds is 5. The van der Waals surface area contributed by atoms with E-state index in [2.05, 4.69) is 10.6 Å². The van der Waals surface area contributed by atoms with Crippen molar-refractivity contribution in [3.05, 3.63) is 53.6 Å². The summed E-state index contributed by atoms with van der Waals surface area (Å²) in [4.78, 5) is 41.7. The van der Waals surface area contributed by atoms with Gasteiger partial charge in [0.25, 0.3) is 0 Å². The lowest BCUT2D eigenvalue weighted by Gasteiger charge is -2.46. The summed E-state index contributed by atoms with van der Waals surface area (Å²) in [6, 6.07) is 6.18. The number of imide groups is 1. The SMILES string of the molecule is O=C(CN1C(=O)N(Cc2ccc3c(c2)OCO3)C(=O)C2NCCCC21)Nc1ccc(F)cc1F. The molecular weight excluding hydrogens is 450 g/mol. The number of nitrogens with zero attached hydrogens (tertiary/aromatic N) is 2. The van der Waals surface area contributed by atoms with Crippen LogP contribution in [-0.2, 0) is 16.1 Å². The average molecular weight is 472 g/mol. The number of hydrogen-bond donors (Lipinski definition) is 2. The molecule has 3 aliphatic rings. The van der Waals surface area contributed by atoms with Gasteiger partial charge >= 0.3 is 6.03 Å². The molecule has 2 N–H and O–H groups in total. The Morgan fingerprint density at radius 3 is 2.76 bits per heavy atom. The predicted octanol–water partition coefficient (Wildman–Crippen LogP) is 2.22. The molecule has 3 heterocycles. The van der Waals surface area contributed by atoms with Gasteiger partial charge in [-0.3, -0.25) is 14.5 Å². The van der Waals surface area contributed by atoms with E-state index >= 15 is 0 Å². The van der Waals surface area contributed by atoms with Gasteiger partial charge in [-0.15, -0.1) is 0 Å². The summed E-state index contributed by atoms with van der Waals surface area (Å²) < 4.78 is 37.8. The van der Waals surface area contributed by atoms with Crippen LogP contribution in [0.5, 0.6) is 11.5 Å². The lowest BCUT2D eigenvalue weighted by molar-refractivity contribution is -0.138. The Morgan fingerprint density at radius 2 is 1.94 bits per heavy atom. The molecule has 0 aromatic heterocycles. The minimum absolute atomic E-state index is 0.0100. The first kappa shape index (κ1) is 22.1. The number of carbonyl (C=O) groups excluding carboxylic acids is 3. The van der Waals surface area contributed by atoms with E-state index in [1.807, 2.05) is 0 Å². The summed E-state index contributed by atoms with van der Waals surface area (Å²) in [5, 5.41) is 5.53. The third-order valence-electron chi connectivity index (χ3n) is 6.13. The van der Waals surface area contributed by atoms with Gasteiger partial charge in [-0.1, -0.05) is 6.07 Å². The highest BCUT2D eigenvalue weighted by molar-refractivity contribution is 6.02. The highest BCUT2D eigenvalue weighted by Gasteiger charge is 2.47. The van der Waals surface area contributed by atoms with E-state index in [1.165, 1.54) is 4.90 Å². The van der Waals surface area contributed by atoms with Crippen LogP contribution in [0.2, 0.25) is 0 Å². The van der Waals surface area contributed by atoms with Crippen molar-refractivity contribution in [2.45, 2.75) is 31.5 Å². The van der Waals surface area contributed by atoms with Crippen LogP contribution in [0.25, 0.3) is 0 Å². The number of urea groups is 1. The summed E-state index contributed by atoms with van der Waals surface area (Å²) in [7, 11) is 0. The lowest BCUT2D eigenvalue weighted by atomic mass is 9.93. The van der Waals surface area contributed by atoms with E-state index < -0.39 is 35.7 Å². The standard InChI is InChI=1S/C23H22F2N4O5/c24-14-4-5-16(15(25)9-14)27-20(30)11-28-17-2-1-7-26-21(17)22(31)29(23(28)32)10-13-3-6-18-19(8-13)34-12-33-18/h3-6,8-9,17,21,26H,1-2,7,10-12H2,(H,27,30). The van der Waals surface area contributed by atoms with Gasteiger partial charge in [0.1, 0.15) is 24.2 Å². The first-order valence-electron chi connectivity index (χ1n) is 10.9. The second-order valence-corrected chi connectivity index (χ2v) is 8.34. The van der Waals surface area contributed by atoms with Gasteiger partial charge < -0.3 is 25.0 Å². The number of anilines is 1. The molecule has 9 nitrogen and oxygen atoms in total. The van der Waals surface area contributed by atoms with Crippen LogP contribution in [-0.4, -0.2) is 59.6 Å². The van der Waals surface area contributed by atoms with Crippen molar-refractivity contribution in [3.63, 3.8) is 0 Å². The van der Waals surface area contributed by atoms with E-state index in [-0.39, 0.29) is 31.5 Å². The molecule has 0 radical (unpaired) electrons. The molecule has 5 rings (SSSR count). The van der Waals surface area contributed by atoms with Crippen LogP contribution in [0.3, 0.4) is 0 Å². The zero-order valence-corrected chi connectivity index (χ0v) is 18.1. The van der Waals surface area contributed by atoms with Crippen LogP contribution in [0.15, 0.2) is 36.4 Å². The normalized spacial score (nSPS) is 21.5. The maximum atomic E-state index is 14.0. The Balaban J connectivity index is 1.36. The number of hydrogen-bond acceptors (Lipinski definition) is 6. The molecule has 2 fully saturated rings. The third-order valence-corrected chi connectivity index (χ3v) is 6.13. The number of halogens is 2. The minimum atomic E-state index is -0.921. The highest BCUT2D eigenvalue weighted by Crippen LogP contribution is 2.33. The fraction of sp³-hybridized carbons (Fsp3) is 0.348. The van der Waals surface area contributed by atoms with Crippen LogP contribution in [0.1, 0.15) is 18.4 Å². The molecule has 2 unspecified atom stereocenters. The minimum Gasteiger partial charge on any atom is -0.454 e.